The number of hydrogen-bond donors (Lipinski definition) is 1. The van der Waals surface area contributed by atoms with Crippen LogP contribution in [0.1, 0.15) is 12.0 Å². The molecule has 1 aliphatic heterocycles. The van der Waals surface area contributed by atoms with Crippen molar-refractivity contribution in [3.8, 4) is 0 Å². The zero-order valence-corrected chi connectivity index (χ0v) is 9.61. The molecule has 2 heterocycles. The molecule has 1 aromatic rings. The molecule has 0 bridgehead atoms. The summed E-state index contributed by atoms with van der Waals surface area (Å²) >= 11 is 2.05. The summed E-state index contributed by atoms with van der Waals surface area (Å²) < 4.78 is 0. The number of nitrogens with one attached hydrogen (secondary N) is 1. The highest BCUT2D eigenvalue weighted by Crippen LogP contribution is 2.21. The van der Waals surface area contributed by atoms with Gasteiger partial charge in [0.1, 0.15) is 0 Å². The number of aromatic nitrogens is 1. The van der Waals surface area contributed by atoms with Crippen molar-refractivity contribution >= 4 is 24.2 Å². The van der Waals surface area contributed by atoms with Gasteiger partial charge >= 0.3 is 0 Å². The highest BCUT2D eigenvalue weighted by atomic mass is 35.5. The summed E-state index contributed by atoms with van der Waals surface area (Å²) in [6.45, 7) is 2.36. The molecule has 1 fully saturated rings. The van der Waals surface area contributed by atoms with Crippen LogP contribution >= 0.6 is 24.2 Å². The lowest BCUT2D eigenvalue weighted by molar-refractivity contribution is 0.858. The van der Waals surface area contributed by atoms with Gasteiger partial charge in [0, 0.05) is 29.9 Å². The molecular weight excluding hydrogens is 216 g/mol. The number of nitrogens with zero attached hydrogens (tertiary/aromatic N) is 1. The molecule has 78 valence electrons. The molecule has 1 N–H and O–H groups in total. The van der Waals surface area contributed by atoms with Crippen LogP contribution in [-0.4, -0.2) is 23.3 Å². The zero-order valence-electron chi connectivity index (χ0n) is 7.98. The van der Waals surface area contributed by atoms with E-state index in [1.165, 1.54) is 25.1 Å². The van der Waals surface area contributed by atoms with Gasteiger partial charge in [-0.15, -0.1) is 12.4 Å². The summed E-state index contributed by atoms with van der Waals surface area (Å²) in [6, 6.07) is 4.19. The summed E-state index contributed by atoms with van der Waals surface area (Å²) in [5.74, 6) is 1.12. The Morgan fingerprint density at radius 3 is 2.86 bits per heavy atom. The van der Waals surface area contributed by atoms with Crippen LogP contribution in [0, 0.1) is 0 Å². The lowest BCUT2D eigenvalue weighted by atomic mass is 10.3. The highest BCUT2D eigenvalue weighted by Gasteiger charge is 2.14. The minimum absolute atomic E-state index is 0. The van der Waals surface area contributed by atoms with Gasteiger partial charge in [-0.05, 0) is 30.7 Å². The first-order valence-electron chi connectivity index (χ1n) is 4.66. The molecule has 14 heavy (non-hydrogen) atoms. The standard InChI is InChI=1S/C10H14N2S.ClH/c1-4-11-5-2-9(1)8-13-10-3-6-12-7-10;/h1-2,4-5,10,12H,3,6-8H2;1H. The van der Waals surface area contributed by atoms with Gasteiger partial charge in [0.05, 0.1) is 0 Å². The van der Waals surface area contributed by atoms with Gasteiger partial charge in [-0.3, -0.25) is 4.98 Å². The maximum absolute atomic E-state index is 4.00. The van der Waals surface area contributed by atoms with E-state index in [9.17, 15) is 0 Å². The fourth-order valence-corrected chi connectivity index (χ4v) is 2.60. The maximum atomic E-state index is 4.00. The maximum Gasteiger partial charge on any atom is 0.0270 e. The van der Waals surface area contributed by atoms with Crippen molar-refractivity contribution in [1.82, 2.24) is 10.3 Å². The third-order valence-corrected chi connectivity index (χ3v) is 3.62. The molecule has 0 aromatic carbocycles. The Morgan fingerprint density at radius 2 is 2.21 bits per heavy atom. The van der Waals surface area contributed by atoms with E-state index in [1.54, 1.807) is 0 Å². The third-order valence-electron chi connectivity index (χ3n) is 2.25. The number of halogens is 1. The summed E-state index contributed by atoms with van der Waals surface area (Å²) in [5, 5.41) is 4.19. The SMILES string of the molecule is Cl.c1cc(CSC2CCNC2)ccn1. The molecule has 1 atom stereocenters. The number of pyridine rings is 1. The van der Waals surface area contributed by atoms with Crippen LogP contribution in [0.15, 0.2) is 24.5 Å². The Hall–Kier alpha value is -0.250. The molecule has 2 nitrogen and oxygen atoms in total. The molecule has 1 aromatic heterocycles. The van der Waals surface area contributed by atoms with Crippen LogP contribution < -0.4 is 5.32 Å². The van der Waals surface area contributed by atoms with Crippen molar-refractivity contribution < 1.29 is 0 Å². The van der Waals surface area contributed by atoms with Crippen molar-refractivity contribution in [2.45, 2.75) is 17.4 Å². The number of hydrogen-bond acceptors (Lipinski definition) is 3. The van der Waals surface area contributed by atoms with Gasteiger partial charge in [0.25, 0.3) is 0 Å². The zero-order chi connectivity index (χ0) is 8.93. The average Bonchev–Trinajstić information content (AvgIpc) is 2.69. The Kier molecular flexibility index (Phi) is 5.30. The van der Waals surface area contributed by atoms with E-state index in [4.69, 9.17) is 0 Å². The van der Waals surface area contributed by atoms with Crippen molar-refractivity contribution in [3.63, 3.8) is 0 Å². The second-order valence-corrected chi connectivity index (χ2v) is 4.57. The van der Waals surface area contributed by atoms with Crippen molar-refractivity contribution in [1.29, 1.82) is 0 Å². The van der Waals surface area contributed by atoms with E-state index in [1.807, 2.05) is 24.2 Å². The van der Waals surface area contributed by atoms with E-state index < -0.39 is 0 Å². The minimum atomic E-state index is 0. The summed E-state index contributed by atoms with van der Waals surface area (Å²) in [4.78, 5) is 4.00. The number of thioether (sulfide) groups is 1. The van der Waals surface area contributed by atoms with Crippen molar-refractivity contribution in [3.05, 3.63) is 30.1 Å². The smallest absolute Gasteiger partial charge is 0.0270 e. The summed E-state index contributed by atoms with van der Waals surface area (Å²) in [6.07, 6.45) is 5.04. The highest BCUT2D eigenvalue weighted by molar-refractivity contribution is 7.99. The molecule has 0 aliphatic carbocycles. The molecule has 1 unspecified atom stereocenters. The van der Waals surface area contributed by atoms with Crippen molar-refractivity contribution in [2.75, 3.05) is 13.1 Å². The Balaban J connectivity index is 0.000000980. The first kappa shape index (κ1) is 11.8. The molecule has 0 saturated carbocycles. The molecule has 0 amide bonds. The van der Waals surface area contributed by atoms with Gasteiger partial charge in [0.2, 0.25) is 0 Å². The lowest BCUT2D eigenvalue weighted by Crippen LogP contribution is -2.10. The summed E-state index contributed by atoms with van der Waals surface area (Å²) in [5.41, 5.74) is 1.38. The Labute approximate surface area is 95.3 Å². The summed E-state index contributed by atoms with van der Waals surface area (Å²) in [7, 11) is 0. The van der Waals surface area contributed by atoms with Crippen LogP contribution in [0.3, 0.4) is 0 Å². The lowest BCUT2D eigenvalue weighted by Gasteiger charge is -2.06. The monoisotopic (exact) mass is 230 g/mol. The molecule has 1 saturated heterocycles. The molecule has 4 heteroatoms. The molecule has 0 radical (unpaired) electrons. The largest absolute Gasteiger partial charge is 0.316 e. The van der Waals surface area contributed by atoms with Gasteiger partial charge in [-0.25, -0.2) is 0 Å². The quantitative estimate of drug-likeness (QED) is 0.861. The second kappa shape index (κ2) is 6.27. The average molecular weight is 231 g/mol. The van der Waals surface area contributed by atoms with Crippen LogP contribution in [0.4, 0.5) is 0 Å². The van der Waals surface area contributed by atoms with Gasteiger partial charge < -0.3 is 5.32 Å². The van der Waals surface area contributed by atoms with E-state index in [0.29, 0.717) is 0 Å². The van der Waals surface area contributed by atoms with E-state index >= 15 is 0 Å². The van der Waals surface area contributed by atoms with E-state index in [2.05, 4.69) is 22.4 Å². The van der Waals surface area contributed by atoms with Gasteiger partial charge in [0.15, 0.2) is 0 Å². The predicted molar refractivity (Wildman–Crippen MR) is 64.1 cm³/mol. The van der Waals surface area contributed by atoms with E-state index in [0.717, 1.165) is 11.0 Å². The topological polar surface area (TPSA) is 24.9 Å². The Morgan fingerprint density at radius 1 is 1.43 bits per heavy atom. The fraction of sp³-hybridized carbons (Fsp3) is 0.500. The molecule has 2 rings (SSSR count). The van der Waals surface area contributed by atoms with Crippen molar-refractivity contribution in [2.24, 2.45) is 0 Å². The first-order chi connectivity index (χ1) is 6.45. The predicted octanol–water partition coefficient (Wildman–Crippen LogP) is 2.10. The van der Waals surface area contributed by atoms with E-state index in [-0.39, 0.29) is 12.4 Å². The normalized spacial score (nSPS) is 20.4. The van der Waals surface area contributed by atoms with Crippen LogP contribution in [0.2, 0.25) is 0 Å². The van der Waals surface area contributed by atoms with Crippen LogP contribution in [0.5, 0.6) is 0 Å². The Bertz CT molecular complexity index is 250. The van der Waals surface area contributed by atoms with Gasteiger partial charge in [-0.2, -0.15) is 11.8 Å². The first-order valence-corrected chi connectivity index (χ1v) is 5.71. The number of rotatable bonds is 3. The van der Waals surface area contributed by atoms with Crippen LogP contribution in [0.25, 0.3) is 0 Å². The molecular formula is C10H15ClN2S. The molecule has 1 aliphatic rings. The second-order valence-electron chi connectivity index (χ2n) is 3.28. The minimum Gasteiger partial charge on any atom is -0.316 e. The van der Waals surface area contributed by atoms with Gasteiger partial charge in [-0.1, -0.05) is 0 Å². The molecule has 0 spiro atoms. The third kappa shape index (κ3) is 3.48. The van der Waals surface area contributed by atoms with Crippen LogP contribution in [-0.2, 0) is 5.75 Å². The fourth-order valence-electron chi connectivity index (χ4n) is 1.46.